The first-order valence-corrected chi connectivity index (χ1v) is 6.13. The largest absolute Gasteiger partial charge is 0.394 e. The average Bonchev–Trinajstić information content (AvgIpc) is 2.96. The summed E-state index contributed by atoms with van der Waals surface area (Å²) < 4.78 is 0. The highest BCUT2D eigenvalue weighted by Crippen LogP contribution is 2.39. The summed E-state index contributed by atoms with van der Waals surface area (Å²) in [6.07, 6.45) is 6.17. The molecule has 94 valence electrons. The summed E-state index contributed by atoms with van der Waals surface area (Å²) >= 11 is 0. The lowest BCUT2D eigenvalue weighted by Gasteiger charge is -2.35. The second kappa shape index (κ2) is 3.88. The number of aromatic nitrogens is 1. The summed E-state index contributed by atoms with van der Waals surface area (Å²) in [4.78, 5) is 29.8. The molecule has 18 heavy (non-hydrogen) atoms. The first kappa shape index (κ1) is 11.3. The van der Waals surface area contributed by atoms with Gasteiger partial charge in [0.05, 0.1) is 23.3 Å². The molecule has 1 fully saturated rings. The quantitative estimate of drug-likeness (QED) is 0.790. The third-order valence-corrected chi connectivity index (χ3v) is 3.99. The van der Waals surface area contributed by atoms with Crippen molar-refractivity contribution < 1.29 is 14.7 Å². The van der Waals surface area contributed by atoms with E-state index >= 15 is 0 Å². The molecule has 3 rings (SSSR count). The lowest BCUT2D eigenvalue weighted by atomic mass is 9.96. The molecule has 5 nitrogen and oxygen atoms in total. The number of carbonyl (C=O) groups excluding carboxylic acids is 2. The Hall–Kier alpha value is -1.75. The average molecular weight is 246 g/mol. The van der Waals surface area contributed by atoms with Crippen molar-refractivity contribution in [3.63, 3.8) is 0 Å². The Morgan fingerprint density at radius 3 is 2.50 bits per heavy atom. The maximum atomic E-state index is 12.3. The second-order valence-electron chi connectivity index (χ2n) is 4.96. The van der Waals surface area contributed by atoms with E-state index in [0.717, 1.165) is 12.8 Å². The lowest BCUT2D eigenvalue weighted by molar-refractivity contribution is 0.0268. The van der Waals surface area contributed by atoms with Crippen LogP contribution in [0.15, 0.2) is 18.5 Å². The number of nitrogens with zero attached hydrogens (tertiary/aromatic N) is 2. The predicted octanol–water partition coefficient (Wildman–Crippen LogP) is 0.983. The van der Waals surface area contributed by atoms with Crippen molar-refractivity contribution in [1.82, 2.24) is 9.88 Å². The molecule has 0 saturated heterocycles. The van der Waals surface area contributed by atoms with Crippen molar-refractivity contribution in [3.05, 3.63) is 29.6 Å². The fourth-order valence-corrected chi connectivity index (χ4v) is 3.00. The van der Waals surface area contributed by atoms with Gasteiger partial charge < -0.3 is 5.11 Å². The Kier molecular flexibility index (Phi) is 2.45. The topological polar surface area (TPSA) is 70.5 Å². The highest BCUT2D eigenvalue weighted by molar-refractivity contribution is 6.21. The molecule has 0 unspecified atom stereocenters. The molecule has 0 radical (unpaired) electrons. The van der Waals surface area contributed by atoms with E-state index in [0.29, 0.717) is 24.0 Å². The molecule has 2 heterocycles. The molecule has 5 heteroatoms. The number of aliphatic hydroxyl groups is 1. The minimum atomic E-state index is -0.701. The lowest BCUT2D eigenvalue weighted by Crippen LogP contribution is -2.52. The number of aliphatic hydroxyl groups excluding tert-OH is 1. The van der Waals surface area contributed by atoms with Crippen LogP contribution in [0.1, 0.15) is 46.4 Å². The van der Waals surface area contributed by atoms with E-state index in [1.165, 1.54) is 17.3 Å². The summed E-state index contributed by atoms with van der Waals surface area (Å²) in [6.45, 7) is -0.161. The Balaban J connectivity index is 2.06. The first-order chi connectivity index (χ1) is 8.69. The molecule has 1 aromatic rings. The molecule has 1 N–H and O–H groups in total. The minimum Gasteiger partial charge on any atom is -0.394 e. The number of hydrogen-bond acceptors (Lipinski definition) is 4. The maximum absolute atomic E-state index is 12.3. The molecule has 0 aromatic carbocycles. The van der Waals surface area contributed by atoms with Gasteiger partial charge in [-0.15, -0.1) is 0 Å². The minimum absolute atomic E-state index is 0.161. The van der Waals surface area contributed by atoms with Gasteiger partial charge in [0.1, 0.15) is 0 Å². The zero-order valence-electron chi connectivity index (χ0n) is 9.93. The Morgan fingerprint density at radius 1 is 1.22 bits per heavy atom. The predicted molar refractivity (Wildman–Crippen MR) is 63.0 cm³/mol. The Morgan fingerprint density at radius 2 is 1.89 bits per heavy atom. The van der Waals surface area contributed by atoms with E-state index in [1.807, 2.05) is 0 Å². The van der Waals surface area contributed by atoms with Gasteiger partial charge in [-0.25, -0.2) is 0 Å². The van der Waals surface area contributed by atoms with Crippen molar-refractivity contribution in [3.8, 4) is 0 Å². The van der Waals surface area contributed by atoms with Crippen LogP contribution in [0.5, 0.6) is 0 Å². The van der Waals surface area contributed by atoms with Crippen LogP contribution in [0.4, 0.5) is 0 Å². The van der Waals surface area contributed by atoms with Crippen LogP contribution in [0, 0.1) is 0 Å². The third kappa shape index (κ3) is 1.34. The highest BCUT2D eigenvalue weighted by Gasteiger charge is 2.50. The number of pyridine rings is 1. The molecule has 2 aliphatic rings. The van der Waals surface area contributed by atoms with Crippen LogP contribution in [0.25, 0.3) is 0 Å². The molecule has 0 bridgehead atoms. The highest BCUT2D eigenvalue weighted by atomic mass is 16.3. The van der Waals surface area contributed by atoms with Gasteiger partial charge in [0.2, 0.25) is 0 Å². The van der Waals surface area contributed by atoms with Gasteiger partial charge in [-0.1, -0.05) is 12.8 Å². The van der Waals surface area contributed by atoms with Crippen LogP contribution in [-0.4, -0.2) is 39.0 Å². The molecule has 1 saturated carbocycles. The fourth-order valence-electron chi connectivity index (χ4n) is 3.00. The smallest absolute Gasteiger partial charge is 0.263 e. The van der Waals surface area contributed by atoms with Crippen LogP contribution in [0.3, 0.4) is 0 Å². The zero-order chi connectivity index (χ0) is 12.8. The monoisotopic (exact) mass is 246 g/mol. The van der Waals surface area contributed by atoms with E-state index in [9.17, 15) is 14.7 Å². The first-order valence-electron chi connectivity index (χ1n) is 6.13. The third-order valence-electron chi connectivity index (χ3n) is 3.99. The van der Waals surface area contributed by atoms with Crippen LogP contribution >= 0.6 is 0 Å². The molecule has 0 atom stereocenters. The van der Waals surface area contributed by atoms with E-state index in [2.05, 4.69) is 4.98 Å². The van der Waals surface area contributed by atoms with Crippen molar-refractivity contribution >= 4 is 11.8 Å². The van der Waals surface area contributed by atoms with Crippen molar-refractivity contribution in [2.45, 2.75) is 31.2 Å². The van der Waals surface area contributed by atoms with Crippen LogP contribution in [-0.2, 0) is 0 Å². The van der Waals surface area contributed by atoms with Gasteiger partial charge in [-0.3, -0.25) is 19.5 Å². The number of hydrogen-bond donors (Lipinski definition) is 1. The van der Waals surface area contributed by atoms with E-state index in [1.54, 1.807) is 6.07 Å². The molecule has 0 spiro atoms. The van der Waals surface area contributed by atoms with Crippen molar-refractivity contribution in [1.29, 1.82) is 0 Å². The van der Waals surface area contributed by atoms with Gasteiger partial charge in [-0.05, 0) is 18.9 Å². The van der Waals surface area contributed by atoms with E-state index in [4.69, 9.17) is 0 Å². The number of amides is 2. The standard InChI is InChI=1S/C13H14N2O3/c16-8-13(4-1-2-5-13)15-11(17)9-3-6-14-7-10(9)12(15)18/h3,6-7,16H,1-2,4-5,8H2. The summed E-state index contributed by atoms with van der Waals surface area (Å²) in [5, 5.41) is 9.63. The van der Waals surface area contributed by atoms with Gasteiger partial charge in [0, 0.05) is 12.4 Å². The molecule has 1 aliphatic heterocycles. The molecule has 1 aliphatic carbocycles. The number of fused-ring (bicyclic) bond motifs is 1. The van der Waals surface area contributed by atoms with Gasteiger partial charge in [0.15, 0.2) is 0 Å². The van der Waals surface area contributed by atoms with Crippen LogP contribution in [0.2, 0.25) is 0 Å². The summed E-state index contributed by atoms with van der Waals surface area (Å²) in [6, 6.07) is 1.57. The summed E-state index contributed by atoms with van der Waals surface area (Å²) in [7, 11) is 0. The second-order valence-corrected chi connectivity index (χ2v) is 4.96. The van der Waals surface area contributed by atoms with E-state index < -0.39 is 5.54 Å². The zero-order valence-corrected chi connectivity index (χ0v) is 9.93. The van der Waals surface area contributed by atoms with E-state index in [-0.39, 0.29) is 18.4 Å². The molecular formula is C13H14N2O3. The fraction of sp³-hybridized carbons (Fsp3) is 0.462. The summed E-state index contributed by atoms with van der Waals surface area (Å²) in [5.41, 5.74) is 0.0460. The van der Waals surface area contributed by atoms with Crippen molar-refractivity contribution in [2.24, 2.45) is 0 Å². The maximum Gasteiger partial charge on any atom is 0.263 e. The Labute approximate surface area is 104 Å². The van der Waals surface area contributed by atoms with Gasteiger partial charge in [-0.2, -0.15) is 0 Å². The number of rotatable bonds is 2. The molecule has 1 aromatic heterocycles. The Bertz CT molecular complexity index is 486. The number of carbonyl (C=O) groups is 2. The SMILES string of the molecule is O=C1c2ccncc2C(=O)N1C1(CO)CCCC1. The normalized spacial score (nSPS) is 21.5. The summed E-state index contributed by atoms with van der Waals surface area (Å²) in [5.74, 6) is -0.618. The number of imide groups is 1. The van der Waals surface area contributed by atoms with Gasteiger partial charge >= 0.3 is 0 Å². The molecule has 2 amide bonds. The van der Waals surface area contributed by atoms with Crippen LogP contribution < -0.4 is 0 Å². The van der Waals surface area contributed by atoms with Gasteiger partial charge in [0.25, 0.3) is 11.8 Å². The molecular weight excluding hydrogens is 232 g/mol. The van der Waals surface area contributed by atoms with Crippen molar-refractivity contribution in [2.75, 3.05) is 6.61 Å².